The molecule has 2 aromatic rings. The van der Waals surface area contributed by atoms with Gasteiger partial charge in [-0.3, -0.25) is 9.36 Å². The van der Waals surface area contributed by atoms with Crippen LogP contribution in [0, 0.1) is 0 Å². The lowest BCUT2D eigenvalue weighted by atomic mass is 9.99. The Hall–Kier alpha value is -2.01. The van der Waals surface area contributed by atoms with Gasteiger partial charge in [0, 0.05) is 0 Å². The lowest BCUT2D eigenvalue weighted by Gasteiger charge is -2.39. The van der Waals surface area contributed by atoms with Crippen LogP contribution >= 0.6 is 0 Å². The van der Waals surface area contributed by atoms with Gasteiger partial charge in [0.2, 0.25) is 0 Å². The molecule has 2 fully saturated rings. The Labute approximate surface area is 167 Å². The van der Waals surface area contributed by atoms with E-state index in [1.807, 2.05) is 0 Å². The van der Waals surface area contributed by atoms with E-state index in [1.54, 1.807) is 0 Å². The molecule has 2 aromatic heterocycles. The molecule has 166 valence electrons. The van der Waals surface area contributed by atoms with Gasteiger partial charge in [-0.25, -0.2) is 9.97 Å². The van der Waals surface area contributed by atoms with Gasteiger partial charge in [-0.2, -0.15) is 0 Å². The molecule has 7 N–H and O–H groups in total. The van der Waals surface area contributed by atoms with E-state index < -0.39 is 67.4 Å². The predicted octanol–water partition coefficient (Wildman–Crippen LogP) is -4.44. The number of hydrogen-bond donors (Lipinski definition) is 7. The fourth-order valence-corrected chi connectivity index (χ4v) is 3.54. The van der Waals surface area contributed by atoms with Crippen molar-refractivity contribution in [3.63, 3.8) is 0 Å². The molecule has 4 heterocycles. The first-order chi connectivity index (χ1) is 14.3. The van der Waals surface area contributed by atoms with Gasteiger partial charge in [0.15, 0.2) is 23.7 Å². The summed E-state index contributed by atoms with van der Waals surface area (Å²) in [5.41, 5.74) is -0.302. The molecular weight excluding hydrogens is 408 g/mol. The number of nitrogens with zero attached hydrogens (tertiary/aromatic N) is 3. The SMILES string of the molecule is O=c1[nH]cnc2c1ncn2[C@@H]1O[C@H](CO[C@H]2O[C@H](CO)[C@@H](O)[C@H](O)[C@H]2O)[C@@H](O)[C@H]1O. The highest BCUT2D eigenvalue weighted by molar-refractivity contribution is 5.68. The Morgan fingerprint density at radius 1 is 1.00 bits per heavy atom. The van der Waals surface area contributed by atoms with Crippen molar-refractivity contribution in [3.8, 4) is 0 Å². The first-order valence-corrected chi connectivity index (χ1v) is 9.17. The summed E-state index contributed by atoms with van der Waals surface area (Å²) < 4.78 is 17.6. The molecule has 0 radical (unpaired) electrons. The van der Waals surface area contributed by atoms with E-state index in [4.69, 9.17) is 14.2 Å². The van der Waals surface area contributed by atoms with Crippen molar-refractivity contribution in [2.45, 2.75) is 55.2 Å². The fourth-order valence-electron chi connectivity index (χ4n) is 3.54. The number of aliphatic hydroxyl groups is 6. The van der Waals surface area contributed by atoms with Gasteiger partial charge >= 0.3 is 0 Å². The van der Waals surface area contributed by atoms with Crippen LogP contribution in [0.15, 0.2) is 17.4 Å². The summed E-state index contributed by atoms with van der Waals surface area (Å²) >= 11 is 0. The molecule has 2 saturated heterocycles. The predicted molar refractivity (Wildman–Crippen MR) is 93.8 cm³/mol. The molecule has 0 bridgehead atoms. The smallest absolute Gasteiger partial charge is 0.278 e. The van der Waals surface area contributed by atoms with Crippen molar-refractivity contribution in [2.24, 2.45) is 0 Å². The van der Waals surface area contributed by atoms with Crippen LogP contribution in [0.2, 0.25) is 0 Å². The van der Waals surface area contributed by atoms with Crippen molar-refractivity contribution < 1.29 is 44.8 Å². The van der Waals surface area contributed by atoms with Crippen molar-refractivity contribution in [1.29, 1.82) is 0 Å². The average Bonchev–Trinajstić information content (AvgIpc) is 3.28. The number of ether oxygens (including phenoxy) is 3. The first kappa shape index (κ1) is 21.2. The molecule has 14 nitrogen and oxygen atoms in total. The molecule has 2 aliphatic heterocycles. The number of nitrogens with one attached hydrogen (secondary N) is 1. The van der Waals surface area contributed by atoms with Crippen molar-refractivity contribution in [1.82, 2.24) is 19.5 Å². The maximum absolute atomic E-state index is 11.8. The summed E-state index contributed by atoms with van der Waals surface area (Å²) in [7, 11) is 0. The number of rotatable bonds is 5. The van der Waals surface area contributed by atoms with Crippen LogP contribution in [0.5, 0.6) is 0 Å². The number of H-pyrrole nitrogens is 1. The summed E-state index contributed by atoms with van der Waals surface area (Å²) in [6, 6.07) is 0. The van der Waals surface area contributed by atoms with Crippen LogP contribution in [-0.4, -0.2) is 112 Å². The number of fused-ring (bicyclic) bond motifs is 1. The molecule has 0 aliphatic carbocycles. The van der Waals surface area contributed by atoms with Crippen molar-refractivity contribution >= 4 is 11.2 Å². The zero-order valence-electron chi connectivity index (χ0n) is 15.4. The Balaban J connectivity index is 1.46. The van der Waals surface area contributed by atoms with Crippen molar-refractivity contribution in [2.75, 3.05) is 13.2 Å². The molecule has 0 saturated carbocycles. The first-order valence-electron chi connectivity index (χ1n) is 9.17. The number of aliphatic hydroxyl groups excluding tert-OH is 6. The Bertz CT molecular complexity index is 934. The van der Waals surface area contributed by atoms with Crippen LogP contribution in [-0.2, 0) is 14.2 Å². The molecule has 9 atom stereocenters. The summed E-state index contributed by atoms with van der Waals surface area (Å²) in [6.07, 6.45) is -9.93. The number of hydrogen-bond acceptors (Lipinski definition) is 12. The Kier molecular flexibility index (Phi) is 5.84. The lowest BCUT2D eigenvalue weighted by Crippen LogP contribution is -2.59. The fraction of sp³-hybridized carbons (Fsp3) is 0.688. The summed E-state index contributed by atoms with van der Waals surface area (Å²) in [5.74, 6) is 0. The highest BCUT2D eigenvalue weighted by Crippen LogP contribution is 2.32. The van der Waals surface area contributed by atoms with Gasteiger partial charge in [0.1, 0.15) is 42.7 Å². The zero-order chi connectivity index (χ0) is 21.6. The number of aromatic amines is 1. The van der Waals surface area contributed by atoms with E-state index in [0.29, 0.717) is 0 Å². The minimum atomic E-state index is -1.62. The van der Waals surface area contributed by atoms with Crippen LogP contribution in [0.4, 0.5) is 0 Å². The molecule has 14 heteroatoms. The minimum Gasteiger partial charge on any atom is -0.394 e. The van der Waals surface area contributed by atoms with E-state index in [2.05, 4.69) is 15.0 Å². The third-order valence-electron chi connectivity index (χ3n) is 5.25. The maximum Gasteiger partial charge on any atom is 0.278 e. The topological polar surface area (TPSA) is 213 Å². The van der Waals surface area contributed by atoms with Gasteiger partial charge < -0.3 is 49.8 Å². The summed E-state index contributed by atoms with van der Waals surface area (Å²) in [4.78, 5) is 22.1. The highest BCUT2D eigenvalue weighted by atomic mass is 16.7. The molecule has 30 heavy (non-hydrogen) atoms. The van der Waals surface area contributed by atoms with Crippen LogP contribution < -0.4 is 5.56 Å². The van der Waals surface area contributed by atoms with E-state index in [0.717, 1.165) is 0 Å². The van der Waals surface area contributed by atoms with Crippen LogP contribution in [0.3, 0.4) is 0 Å². The van der Waals surface area contributed by atoms with Gasteiger partial charge in [-0.15, -0.1) is 0 Å². The van der Waals surface area contributed by atoms with Gasteiger partial charge in [-0.05, 0) is 0 Å². The third-order valence-corrected chi connectivity index (χ3v) is 5.25. The molecule has 0 amide bonds. The van der Waals surface area contributed by atoms with E-state index in [-0.39, 0.29) is 17.8 Å². The molecule has 2 aliphatic rings. The minimum absolute atomic E-state index is 0.0313. The largest absolute Gasteiger partial charge is 0.394 e. The van der Waals surface area contributed by atoms with Crippen molar-refractivity contribution in [3.05, 3.63) is 23.0 Å². The summed E-state index contributed by atoms with van der Waals surface area (Å²) in [5, 5.41) is 59.6. The quantitative estimate of drug-likeness (QED) is 0.239. The average molecular weight is 430 g/mol. The van der Waals surface area contributed by atoms with E-state index in [1.165, 1.54) is 17.2 Å². The second-order valence-electron chi connectivity index (χ2n) is 7.13. The maximum atomic E-state index is 11.8. The third kappa shape index (κ3) is 3.51. The molecule has 0 spiro atoms. The molecule has 0 unspecified atom stereocenters. The van der Waals surface area contributed by atoms with Gasteiger partial charge in [0.25, 0.3) is 5.56 Å². The van der Waals surface area contributed by atoms with E-state index >= 15 is 0 Å². The van der Waals surface area contributed by atoms with Gasteiger partial charge in [-0.1, -0.05) is 0 Å². The highest BCUT2D eigenvalue weighted by Gasteiger charge is 2.47. The normalized spacial score (nSPS) is 39.6. The van der Waals surface area contributed by atoms with E-state index in [9.17, 15) is 35.4 Å². The molecule has 0 aromatic carbocycles. The monoisotopic (exact) mass is 430 g/mol. The Morgan fingerprint density at radius 2 is 1.73 bits per heavy atom. The Morgan fingerprint density at radius 3 is 2.47 bits per heavy atom. The van der Waals surface area contributed by atoms with Crippen LogP contribution in [0.1, 0.15) is 6.23 Å². The molecule has 4 rings (SSSR count). The van der Waals surface area contributed by atoms with Crippen LogP contribution in [0.25, 0.3) is 11.2 Å². The summed E-state index contributed by atoms with van der Waals surface area (Å²) in [6.45, 7) is -0.980. The zero-order valence-corrected chi connectivity index (χ0v) is 15.4. The second-order valence-corrected chi connectivity index (χ2v) is 7.13. The molecular formula is C16H22N4O10. The second kappa shape index (κ2) is 8.26. The van der Waals surface area contributed by atoms with Gasteiger partial charge in [0.05, 0.1) is 25.9 Å². The number of imidazole rings is 1. The standard InChI is InChI=1S/C16H22N4O10/c21-1-5-8(22)10(24)12(26)16(30-5)28-2-6-9(23)11(25)15(29-6)20-4-19-7-13(20)17-3-18-14(7)27/h3-6,8-12,15-16,21-26H,1-2H2,(H,17,18,27)/t5-,6-,8-,9-,10+,11-,12-,15-,16+/m1/s1. The lowest BCUT2D eigenvalue weighted by molar-refractivity contribution is -0.306. The number of aromatic nitrogens is 4.